The largest absolute Gasteiger partial charge is 0.497 e. The maximum atomic E-state index is 12.5. The number of nitrogens with zero attached hydrogens (tertiary/aromatic N) is 2. The Bertz CT molecular complexity index is 1240. The summed E-state index contributed by atoms with van der Waals surface area (Å²) in [6, 6.07) is 10.8. The summed E-state index contributed by atoms with van der Waals surface area (Å²) in [5.74, 6) is 2.57. The van der Waals surface area contributed by atoms with Crippen LogP contribution >= 0.6 is 15.9 Å². The SMILES string of the molecule is COc1cccc(OCCOc2c(Br)cc(/C=C3/C(=N)N4OC(C)=CC4=NC3=O)cc2OC)c1. The minimum atomic E-state index is -0.518. The first-order chi connectivity index (χ1) is 16.4. The zero-order valence-electron chi connectivity index (χ0n) is 18.8. The number of hydroxylamine groups is 2. The number of ether oxygens (including phenoxy) is 4. The number of amidine groups is 2. The summed E-state index contributed by atoms with van der Waals surface area (Å²) in [6.07, 6.45) is 3.16. The summed E-state index contributed by atoms with van der Waals surface area (Å²) in [4.78, 5) is 21.9. The van der Waals surface area contributed by atoms with Crippen molar-refractivity contribution in [3.05, 3.63) is 63.8 Å². The van der Waals surface area contributed by atoms with Crippen LogP contribution in [0, 0.1) is 5.41 Å². The van der Waals surface area contributed by atoms with Crippen molar-refractivity contribution < 1.29 is 28.6 Å². The third-order valence-corrected chi connectivity index (χ3v) is 5.47. The van der Waals surface area contributed by atoms with Crippen LogP contribution in [0.25, 0.3) is 6.08 Å². The van der Waals surface area contributed by atoms with E-state index in [0.717, 1.165) is 0 Å². The topological polar surface area (TPSA) is 103 Å². The quantitative estimate of drug-likeness (QED) is 0.401. The number of fused-ring (bicyclic) bond motifs is 1. The van der Waals surface area contributed by atoms with Gasteiger partial charge in [0.1, 0.15) is 30.5 Å². The second-order valence-corrected chi connectivity index (χ2v) is 8.09. The molecule has 2 aromatic carbocycles. The molecule has 4 rings (SSSR count). The molecular weight excluding hydrogens is 506 g/mol. The number of carbonyl (C=O) groups is 1. The molecular formula is C24H22BrN3O6. The first-order valence-corrected chi connectivity index (χ1v) is 11.1. The molecule has 10 heteroatoms. The van der Waals surface area contributed by atoms with E-state index >= 15 is 0 Å². The van der Waals surface area contributed by atoms with Crippen molar-refractivity contribution in [1.29, 1.82) is 5.41 Å². The highest BCUT2D eigenvalue weighted by Gasteiger charge is 2.34. The predicted octanol–water partition coefficient (Wildman–Crippen LogP) is 4.37. The van der Waals surface area contributed by atoms with Crippen LogP contribution in [0.3, 0.4) is 0 Å². The Labute approximate surface area is 204 Å². The van der Waals surface area contributed by atoms with E-state index in [1.54, 1.807) is 44.4 Å². The van der Waals surface area contributed by atoms with Gasteiger partial charge in [0, 0.05) is 12.1 Å². The van der Waals surface area contributed by atoms with Crippen molar-refractivity contribution in [2.45, 2.75) is 6.92 Å². The number of halogens is 1. The highest BCUT2D eigenvalue weighted by Crippen LogP contribution is 2.37. The van der Waals surface area contributed by atoms with Gasteiger partial charge in [-0.2, -0.15) is 4.99 Å². The van der Waals surface area contributed by atoms with Crippen molar-refractivity contribution in [2.75, 3.05) is 27.4 Å². The van der Waals surface area contributed by atoms with Crippen LogP contribution < -0.4 is 18.9 Å². The molecule has 0 spiro atoms. The van der Waals surface area contributed by atoms with Gasteiger partial charge in [0.25, 0.3) is 5.91 Å². The van der Waals surface area contributed by atoms with E-state index in [-0.39, 0.29) is 18.0 Å². The minimum Gasteiger partial charge on any atom is -0.497 e. The number of hydrogen-bond donors (Lipinski definition) is 1. The molecule has 9 nitrogen and oxygen atoms in total. The Morgan fingerprint density at radius 3 is 2.65 bits per heavy atom. The second-order valence-electron chi connectivity index (χ2n) is 7.23. The first-order valence-electron chi connectivity index (χ1n) is 10.3. The van der Waals surface area contributed by atoms with Crippen molar-refractivity contribution >= 4 is 39.6 Å². The Balaban J connectivity index is 1.47. The third kappa shape index (κ3) is 4.91. The number of hydrogen-bond acceptors (Lipinski definition) is 7. The maximum Gasteiger partial charge on any atom is 0.282 e. The van der Waals surface area contributed by atoms with E-state index in [0.29, 0.717) is 51.2 Å². The van der Waals surface area contributed by atoms with Gasteiger partial charge < -0.3 is 23.8 Å². The van der Waals surface area contributed by atoms with Crippen molar-refractivity contribution in [3.63, 3.8) is 0 Å². The fraction of sp³-hybridized carbons (Fsp3) is 0.208. The van der Waals surface area contributed by atoms with E-state index in [2.05, 4.69) is 20.9 Å². The molecule has 176 valence electrons. The molecule has 0 aromatic heterocycles. The zero-order valence-corrected chi connectivity index (χ0v) is 20.3. The summed E-state index contributed by atoms with van der Waals surface area (Å²) in [5.41, 5.74) is 0.723. The molecule has 0 saturated carbocycles. The lowest BCUT2D eigenvalue weighted by Gasteiger charge is -2.23. The van der Waals surface area contributed by atoms with Gasteiger partial charge in [0.15, 0.2) is 23.2 Å². The van der Waals surface area contributed by atoms with Crippen molar-refractivity contribution in [1.82, 2.24) is 5.06 Å². The summed E-state index contributed by atoms with van der Waals surface area (Å²) >= 11 is 3.50. The Hall–Kier alpha value is -3.79. The van der Waals surface area contributed by atoms with Crippen LogP contribution in [0.1, 0.15) is 12.5 Å². The minimum absolute atomic E-state index is 0.0896. The molecule has 2 heterocycles. The second kappa shape index (κ2) is 10.0. The normalized spacial score (nSPS) is 16.0. The molecule has 2 aliphatic heterocycles. The van der Waals surface area contributed by atoms with Crippen LogP contribution in [0.5, 0.6) is 23.0 Å². The number of allylic oxidation sites excluding steroid dienone is 1. The third-order valence-electron chi connectivity index (χ3n) is 4.88. The van der Waals surface area contributed by atoms with Gasteiger partial charge in [0.2, 0.25) is 0 Å². The molecule has 0 unspecified atom stereocenters. The molecule has 2 aromatic rings. The lowest BCUT2D eigenvalue weighted by molar-refractivity contribution is -0.114. The first kappa shape index (κ1) is 23.4. The molecule has 0 saturated heterocycles. The van der Waals surface area contributed by atoms with Gasteiger partial charge in [-0.3, -0.25) is 10.2 Å². The van der Waals surface area contributed by atoms with Crippen molar-refractivity contribution in [3.8, 4) is 23.0 Å². The molecule has 34 heavy (non-hydrogen) atoms. The van der Waals surface area contributed by atoms with Crippen LogP contribution in [-0.4, -0.2) is 50.1 Å². The summed E-state index contributed by atoms with van der Waals surface area (Å²) in [7, 11) is 3.12. The van der Waals surface area contributed by atoms with Crippen LogP contribution in [-0.2, 0) is 9.63 Å². The number of rotatable bonds is 8. The van der Waals surface area contributed by atoms with Crippen LogP contribution in [0.2, 0.25) is 0 Å². The van der Waals surface area contributed by atoms with Gasteiger partial charge in [-0.05, 0) is 58.8 Å². The lowest BCUT2D eigenvalue weighted by atomic mass is 10.1. The van der Waals surface area contributed by atoms with Crippen molar-refractivity contribution in [2.24, 2.45) is 4.99 Å². The van der Waals surface area contributed by atoms with Gasteiger partial charge in [-0.15, -0.1) is 5.06 Å². The van der Waals surface area contributed by atoms with E-state index in [4.69, 9.17) is 29.2 Å². The average Bonchev–Trinajstić information content (AvgIpc) is 3.20. The van der Waals surface area contributed by atoms with E-state index in [1.165, 1.54) is 12.2 Å². The van der Waals surface area contributed by atoms with Gasteiger partial charge in [-0.25, -0.2) is 0 Å². The molecule has 0 aliphatic carbocycles. The zero-order chi connectivity index (χ0) is 24.2. The lowest BCUT2D eigenvalue weighted by Crippen LogP contribution is -2.38. The highest BCUT2D eigenvalue weighted by atomic mass is 79.9. The smallest absolute Gasteiger partial charge is 0.282 e. The molecule has 2 aliphatic rings. The van der Waals surface area contributed by atoms with E-state index < -0.39 is 5.91 Å². The maximum absolute atomic E-state index is 12.5. The van der Waals surface area contributed by atoms with Gasteiger partial charge >= 0.3 is 0 Å². The number of carbonyl (C=O) groups excluding carboxylic acids is 1. The average molecular weight is 528 g/mol. The van der Waals surface area contributed by atoms with Gasteiger partial charge in [0.05, 0.1) is 24.3 Å². The van der Waals surface area contributed by atoms with E-state index in [9.17, 15) is 4.79 Å². The van der Waals surface area contributed by atoms with Gasteiger partial charge in [-0.1, -0.05) is 6.07 Å². The fourth-order valence-corrected chi connectivity index (χ4v) is 3.90. The predicted molar refractivity (Wildman–Crippen MR) is 130 cm³/mol. The number of nitrogens with one attached hydrogen (secondary N) is 1. The van der Waals surface area contributed by atoms with Crippen LogP contribution in [0.15, 0.2) is 63.3 Å². The number of aliphatic imine (C=N–C) groups is 1. The van der Waals surface area contributed by atoms with E-state index in [1.807, 2.05) is 18.2 Å². The summed E-state index contributed by atoms with van der Waals surface area (Å²) in [5, 5.41) is 9.57. The Morgan fingerprint density at radius 2 is 1.88 bits per heavy atom. The number of amides is 1. The molecule has 1 amide bonds. The standard InChI is InChI=1S/C24H22BrN3O6/c1-14-9-21-27-24(29)18(23(26)28(21)34-14)10-15-11-19(25)22(20(12-15)31-3)33-8-7-32-17-6-4-5-16(13-17)30-2/h4-6,9-13,26H,7-8H2,1-3H3/b18-10-,26-23?. The Morgan fingerprint density at radius 1 is 1.12 bits per heavy atom. The van der Waals surface area contributed by atoms with Crippen LogP contribution in [0.4, 0.5) is 0 Å². The molecule has 0 bridgehead atoms. The fourth-order valence-electron chi connectivity index (χ4n) is 3.32. The number of methoxy groups -OCH3 is 2. The molecule has 0 fully saturated rings. The number of benzene rings is 2. The molecule has 0 radical (unpaired) electrons. The summed E-state index contributed by atoms with van der Waals surface area (Å²) in [6.45, 7) is 2.31. The Kier molecular flexibility index (Phi) is 6.87. The molecule has 1 N–H and O–H groups in total. The highest BCUT2D eigenvalue weighted by molar-refractivity contribution is 9.10. The monoisotopic (exact) mass is 527 g/mol. The summed E-state index contributed by atoms with van der Waals surface area (Å²) < 4.78 is 22.9. The molecule has 0 atom stereocenters.